The Morgan fingerprint density at radius 3 is 2.69 bits per heavy atom. The molecule has 0 aliphatic rings. The zero-order valence-corrected chi connectivity index (χ0v) is 11.1. The van der Waals surface area contributed by atoms with Gasteiger partial charge in [0.1, 0.15) is 5.69 Å². The second-order valence-corrected chi connectivity index (χ2v) is 5.08. The van der Waals surface area contributed by atoms with Crippen LogP contribution < -0.4 is 4.73 Å². The number of nitrogens with zero attached hydrogens (tertiary/aromatic N) is 2. The first-order chi connectivity index (χ1) is 7.50. The van der Waals surface area contributed by atoms with E-state index in [0.717, 1.165) is 20.1 Å². The first-order valence-corrected chi connectivity index (χ1v) is 5.99. The SMILES string of the molecule is Cc1c2cc(Br)ccc2nc(C(C)C)[n+]1[O-]. The van der Waals surface area contributed by atoms with Crippen molar-refractivity contribution < 1.29 is 4.73 Å². The molecule has 3 nitrogen and oxygen atoms in total. The Kier molecular flexibility index (Phi) is 2.84. The highest BCUT2D eigenvalue weighted by Crippen LogP contribution is 2.21. The topological polar surface area (TPSA) is 39.8 Å². The number of benzene rings is 1. The molecule has 0 spiro atoms. The van der Waals surface area contributed by atoms with Crippen LogP contribution in [0.1, 0.15) is 31.3 Å². The summed E-state index contributed by atoms with van der Waals surface area (Å²) >= 11 is 3.40. The van der Waals surface area contributed by atoms with Gasteiger partial charge in [-0.05, 0) is 30.1 Å². The van der Waals surface area contributed by atoms with Crippen LogP contribution in [0, 0.1) is 12.1 Å². The minimum Gasteiger partial charge on any atom is -0.711 e. The van der Waals surface area contributed by atoms with Gasteiger partial charge in [0.15, 0.2) is 5.52 Å². The molecule has 0 saturated carbocycles. The van der Waals surface area contributed by atoms with Crippen LogP contribution in [-0.4, -0.2) is 4.98 Å². The van der Waals surface area contributed by atoms with E-state index in [1.165, 1.54) is 0 Å². The Morgan fingerprint density at radius 2 is 2.06 bits per heavy atom. The van der Waals surface area contributed by atoms with E-state index in [-0.39, 0.29) is 5.92 Å². The maximum atomic E-state index is 12.0. The fourth-order valence-corrected chi connectivity index (χ4v) is 2.07. The summed E-state index contributed by atoms with van der Waals surface area (Å²) in [7, 11) is 0. The van der Waals surface area contributed by atoms with Crippen molar-refractivity contribution in [3.63, 3.8) is 0 Å². The number of fused-ring (bicyclic) bond motifs is 1. The van der Waals surface area contributed by atoms with Crippen LogP contribution in [0.5, 0.6) is 0 Å². The summed E-state index contributed by atoms with van der Waals surface area (Å²) in [4.78, 5) is 4.41. The molecule has 2 rings (SSSR count). The fraction of sp³-hybridized carbons (Fsp3) is 0.333. The molecule has 16 heavy (non-hydrogen) atoms. The van der Waals surface area contributed by atoms with Gasteiger partial charge in [0.25, 0.3) is 0 Å². The normalized spacial score (nSPS) is 11.3. The number of halogens is 1. The van der Waals surface area contributed by atoms with Crippen LogP contribution in [0.25, 0.3) is 10.9 Å². The molecule has 0 unspecified atom stereocenters. The molecule has 0 fully saturated rings. The molecule has 0 bridgehead atoms. The maximum absolute atomic E-state index is 12.0. The molecule has 1 heterocycles. The maximum Gasteiger partial charge on any atom is 0.304 e. The van der Waals surface area contributed by atoms with Crippen molar-refractivity contribution in [3.05, 3.63) is 39.4 Å². The molecular weight excluding hydrogens is 268 g/mol. The van der Waals surface area contributed by atoms with Crippen LogP contribution in [0.2, 0.25) is 0 Å². The Hall–Kier alpha value is -1.16. The Bertz CT molecular complexity index is 552. The molecule has 1 aromatic carbocycles. The van der Waals surface area contributed by atoms with Crippen molar-refractivity contribution in [2.45, 2.75) is 26.7 Å². The largest absolute Gasteiger partial charge is 0.711 e. The second kappa shape index (κ2) is 4.01. The van der Waals surface area contributed by atoms with Gasteiger partial charge in [-0.3, -0.25) is 0 Å². The van der Waals surface area contributed by atoms with Crippen molar-refractivity contribution >= 4 is 26.8 Å². The zero-order valence-electron chi connectivity index (χ0n) is 9.49. The van der Waals surface area contributed by atoms with Gasteiger partial charge < -0.3 is 5.21 Å². The summed E-state index contributed by atoms with van der Waals surface area (Å²) in [5.41, 5.74) is 1.58. The van der Waals surface area contributed by atoms with Crippen molar-refractivity contribution in [2.75, 3.05) is 0 Å². The van der Waals surface area contributed by atoms with Crippen LogP contribution in [-0.2, 0) is 0 Å². The highest BCUT2D eigenvalue weighted by Gasteiger charge is 2.18. The van der Waals surface area contributed by atoms with E-state index < -0.39 is 0 Å². The molecule has 4 heteroatoms. The summed E-state index contributed by atoms with van der Waals surface area (Å²) in [5, 5.41) is 12.9. The van der Waals surface area contributed by atoms with E-state index in [4.69, 9.17) is 0 Å². The van der Waals surface area contributed by atoms with Crippen LogP contribution >= 0.6 is 15.9 Å². The summed E-state index contributed by atoms with van der Waals surface area (Å²) in [5.74, 6) is 0.705. The summed E-state index contributed by atoms with van der Waals surface area (Å²) in [6.07, 6.45) is 0. The van der Waals surface area contributed by atoms with Gasteiger partial charge in [-0.2, -0.15) is 0 Å². The fourth-order valence-electron chi connectivity index (χ4n) is 1.71. The molecule has 0 amide bonds. The van der Waals surface area contributed by atoms with Gasteiger partial charge in [-0.15, -0.1) is 0 Å². The minimum absolute atomic E-state index is 0.129. The van der Waals surface area contributed by atoms with Crippen LogP contribution in [0.3, 0.4) is 0 Å². The van der Waals surface area contributed by atoms with Crippen molar-refractivity contribution in [2.24, 2.45) is 0 Å². The summed E-state index contributed by atoms with van der Waals surface area (Å²) in [6.45, 7) is 5.77. The van der Waals surface area contributed by atoms with Gasteiger partial charge in [0.05, 0.1) is 11.3 Å². The van der Waals surface area contributed by atoms with Gasteiger partial charge in [0, 0.05) is 4.47 Å². The first-order valence-electron chi connectivity index (χ1n) is 5.20. The second-order valence-electron chi connectivity index (χ2n) is 4.17. The van der Waals surface area contributed by atoms with E-state index >= 15 is 0 Å². The van der Waals surface area contributed by atoms with E-state index in [9.17, 15) is 5.21 Å². The van der Waals surface area contributed by atoms with Gasteiger partial charge in [0.2, 0.25) is 0 Å². The lowest BCUT2D eigenvalue weighted by Crippen LogP contribution is -2.37. The average molecular weight is 281 g/mol. The van der Waals surface area contributed by atoms with Crippen molar-refractivity contribution in [1.82, 2.24) is 4.98 Å². The molecule has 0 saturated heterocycles. The van der Waals surface area contributed by atoms with Crippen molar-refractivity contribution in [3.8, 4) is 0 Å². The van der Waals surface area contributed by atoms with Crippen LogP contribution in [0.15, 0.2) is 22.7 Å². The smallest absolute Gasteiger partial charge is 0.304 e. The van der Waals surface area contributed by atoms with E-state index in [1.807, 2.05) is 39.0 Å². The summed E-state index contributed by atoms with van der Waals surface area (Å²) < 4.78 is 1.89. The monoisotopic (exact) mass is 280 g/mol. The molecule has 0 aliphatic carbocycles. The third-order valence-electron chi connectivity index (χ3n) is 2.61. The van der Waals surface area contributed by atoms with Gasteiger partial charge in [-0.1, -0.05) is 29.8 Å². The molecule has 0 N–H and O–H groups in total. The highest BCUT2D eigenvalue weighted by molar-refractivity contribution is 9.10. The quantitative estimate of drug-likeness (QED) is 0.595. The molecule has 0 radical (unpaired) electrons. The standard InChI is InChI=1S/C12H13BrN2O/c1-7(2)12-14-11-5-4-9(13)6-10(11)8(3)15(12)16/h4-7H,1-3H3. The Morgan fingerprint density at radius 1 is 1.38 bits per heavy atom. The van der Waals surface area contributed by atoms with E-state index in [2.05, 4.69) is 20.9 Å². The van der Waals surface area contributed by atoms with Gasteiger partial charge >= 0.3 is 5.82 Å². The molecule has 84 valence electrons. The van der Waals surface area contributed by atoms with Crippen molar-refractivity contribution in [1.29, 1.82) is 0 Å². The lowest BCUT2D eigenvalue weighted by molar-refractivity contribution is -0.623. The predicted molar refractivity (Wildman–Crippen MR) is 67.2 cm³/mol. The number of aryl methyl sites for hydroxylation is 1. The number of aromatic nitrogens is 2. The molecule has 0 aliphatic heterocycles. The van der Waals surface area contributed by atoms with Crippen LogP contribution in [0.4, 0.5) is 0 Å². The van der Waals surface area contributed by atoms with Gasteiger partial charge in [-0.25, -0.2) is 4.73 Å². The van der Waals surface area contributed by atoms with E-state index in [0.29, 0.717) is 11.5 Å². The zero-order chi connectivity index (χ0) is 11.9. The van der Waals surface area contributed by atoms with E-state index in [1.54, 1.807) is 0 Å². The third kappa shape index (κ3) is 1.78. The Labute approximate surface area is 103 Å². The minimum atomic E-state index is 0.129. The number of hydrogen-bond donors (Lipinski definition) is 0. The molecular formula is C12H13BrN2O. The number of rotatable bonds is 1. The molecule has 2 aromatic rings. The molecule has 0 atom stereocenters. The first kappa shape index (κ1) is 11.3. The number of hydrogen-bond acceptors (Lipinski definition) is 2. The lowest BCUT2D eigenvalue weighted by Gasteiger charge is -2.13. The molecule has 1 aromatic heterocycles. The lowest BCUT2D eigenvalue weighted by atomic mass is 10.1. The Balaban J connectivity index is 2.83. The predicted octanol–water partition coefficient (Wildman–Crippen LogP) is 3.06. The third-order valence-corrected chi connectivity index (χ3v) is 3.11. The highest BCUT2D eigenvalue weighted by atomic mass is 79.9. The summed E-state index contributed by atoms with van der Waals surface area (Å²) in [6, 6.07) is 5.79. The average Bonchev–Trinajstić information content (AvgIpc) is 2.23.